The van der Waals surface area contributed by atoms with Gasteiger partial charge in [-0.25, -0.2) is 4.39 Å². The Morgan fingerprint density at radius 1 is 1.27 bits per heavy atom. The molecular weight excluding hydrogens is 283 g/mol. The fraction of sp³-hybridized carbons (Fsp3) is 0.312. The molecule has 5 nitrogen and oxygen atoms in total. The molecule has 0 saturated carbocycles. The van der Waals surface area contributed by atoms with Crippen LogP contribution in [-0.4, -0.2) is 5.16 Å². The van der Waals surface area contributed by atoms with E-state index in [9.17, 15) is 9.65 Å². The van der Waals surface area contributed by atoms with Crippen molar-refractivity contribution in [3.8, 4) is 12.3 Å². The first-order valence-electron chi connectivity index (χ1n) is 6.68. The number of rotatable bonds is 3. The molecule has 0 amide bonds. The van der Waals surface area contributed by atoms with Crippen molar-refractivity contribution in [1.29, 1.82) is 10.5 Å². The van der Waals surface area contributed by atoms with Crippen molar-refractivity contribution in [3.63, 3.8) is 0 Å². The molecule has 0 aliphatic rings. The van der Waals surface area contributed by atoms with Crippen LogP contribution in [0.1, 0.15) is 37.8 Å². The number of anilines is 1. The third-order valence-electron chi connectivity index (χ3n) is 3.12. The molecule has 0 fully saturated rings. The van der Waals surface area contributed by atoms with Gasteiger partial charge in [-0.15, -0.1) is 0 Å². The summed E-state index contributed by atoms with van der Waals surface area (Å²) in [7, 11) is 0. The minimum Gasteiger partial charge on any atom is -0.361 e. The highest BCUT2D eigenvalue weighted by Gasteiger charge is 2.20. The number of nitrogens with zero attached hydrogens (tertiary/aromatic N) is 4. The maximum absolute atomic E-state index is 13.3. The quantitative estimate of drug-likeness (QED) is 0.640. The van der Waals surface area contributed by atoms with Crippen molar-refractivity contribution in [2.24, 2.45) is 0 Å². The Labute approximate surface area is 128 Å². The van der Waals surface area contributed by atoms with Crippen LogP contribution in [0.15, 0.2) is 28.8 Å². The molecule has 6 heteroatoms. The summed E-state index contributed by atoms with van der Waals surface area (Å²) >= 11 is 0. The number of halogens is 1. The average molecular weight is 298 g/mol. The summed E-state index contributed by atoms with van der Waals surface area (Å²) < 4.78 is 18.6. The van der Waals surface area contributed by atoms with Crippen LogP contribution in [-0.2, 0) is 12.0 Å². The molecule has 2 aromatic rings. The molecule has 0 atom stereocenters. The number of hydrogen-bond donors (Lipinski definition) is 0. The van der Waals surface area contributed by atoms with Crippen LogP contribution in [0.5, 0.6) is 0 Å². The molecule has 0 aliphatic heterocycles. The van der Waals surface area contributed by atoms with Gasteiger partial charge in [-0.3, -0.25) is 4.90 Å². The molecule has 0 spiro atoms. The molecule has 0 radical (unpaired) electrons. The molecule has 0 unspecified atom stereocenters. The lowest BCUT2D eigenvalue weighted by Gasteiger charge is -2.14. The largest absolute Gasteiger partial charge is 0.361 e. The maximum atomic E-state index is 13.3. The van der Waals surface area contributed by atoms with Crippen LogP contribution in [0.2, 0.25) is 0 Å². The maximum Gasteiger partial charge on any atom is 0.184 e. The average Bonchev–Trinajstić information content (AvgIpc) is 2.94. The number of hydrogen-bond acceptors (Lipinski definition) is 5. The standard InChI is InChI=1S/C16H15FN4O/c1-16(2,3)15-7-12(20-22-15)9-21(10-19)13-4-5-14(17)11(6-13)8-18/h4-7H,9H2,1-3H3. The third-order valence-corrected chi connectivity index (χ3v) is 3.12. The van der Waals surface area contributed by atoms with Gasteiger partial charge in [0, 0.05) is 11.5 Å². The molecule has 0 saturated heterocycles. The molecule has 0 aliphatic carbocycles. The number of aromatic nitrogens is 1. The molecular formula is C16H15FN4O. The Balaban J connectivity index is 2.25. The minimum atomic E-state index is -0.611. The summed E-state index contributed by atoms with van der Waals surface area (Å²) in [4.78, 5) is 1.32. The van der Waals surface area contributed by atoms with Crippen LogP contribution in [0.3, 0.4) is 0 Å². The number of benzene rings is 1. The summed E-state index contributed by atoms with van der Waals surface area (Å²) in [5.74, 6) is 0.109. The van der Waals surface area contributed by atoms with E-state index in [-0.39, 0.29) is 17.5 Å². The van der Waals surface area contributed by atoms with Gasteiger partial charge in [0.25, 0.3) is 0 Å². The van der Waals surface area contributed by atoms with Crippen LogP contribution in [0.25, 0.3) is 0 Å². The lowest BCUT2D eigenvalue weighted by atomic mass is 9.93. The normalized spacial score (nSPS) is 10.8. The predicted molar refractivity (Wildman–Crippen MR) is 78.1 cm³/mol. The van der Waals surface area contributed by atoms with E-state index in [0.29, 0.717) is 11.4 Å². The fourth-order valence-electron chi connectivity index (χ4n) is 1.85. The zero-order valence-corrected chi connectivity index (χ0v) is 12.6. The zero-order chi connectivity index (χ0) is 16.3. The van der Waals surface area contributed by atoms with E-state index in [1.54, 1.807) is 12.1 Å². The van der Waals surface area contributed by atoms with Gasteiger partial charge in [-0.05, 0) is 18.2 Å². The summed E-state index contributed by atoms with van der Waals surface area (Å²) in [6, 6.07) is 7.50. The highest BCUT2D eigenvalue weighted by atomic mass is 19.1. The van der Waals surface area contributed by atoms with Crippen molar-refractivity contribution in [2.75, 3.05) is 4.90 Å². The Morgan fingerprint density at radius 2 is 2.00 bits per heavy atom. The molecule has 0 bridgehead atoms. The second-order valence-corrected chi connectivity index (χ2v) is 5.89. The summed E-state index contributed by atoms with van der Waals surface area (Å²) in [5.41, 5.74) is 0.746. The van der Waals surface area contributed by atoms with Crippen molar-refractivity contribution >= 4 is 5.69 Å². The van der Waals surface area contributed by atoms with E-state index in [0.717, 1.165) is 5.76 Å². The van der Waals surface area contributed by atoms with Gasteiger partial charge in [-0.1, -0.05) is 25.9 Å². The van der Waals surface area contributed by atoms with Crippen molar-refractivity contribution in [3.05, 3.63) is 47.1 Å². The molecule has 1 aromatic carbocycles. The first kappa shape index (κ1) is 15.5. The van der Waals surface area contributed by atoms with E-state index in [1.165, 1.54) is 23.1 Å². The Morgan fingerprint density at radius 3 is 2.55 bits per heavy atom. The second-order valence-electron chi connectivity index (χ2n) is 5.89. The molecule has 2 rings (SSSR count). The lowest BCUT2D eigenvalue weighted by molar-refractivity contribution is 0.326. The molecule has 22 heavy (non-hydrogen) atoms. The van der Waals surface area contributed by atoms with Crippen LogP contribution in [0.4, 0.5) is 10.1 Å². The predicted octanol–water partition coefficient (Wildman–Crippen LogP) is 3.47. The van der Waals surface area contributed by atoms with Crippen LogP contribution >= 0.6 is 0 Å². The Kier molecular flexibility index (Phi) is 4.14. The molecule has 112 valence electrons. The van der Waals surface area contributed by atoms with Crippen LogP contribution in [0, 0.1) is 28.6 Å². The summed E-state index contributed by atoms with van der Waals surface area (Å²) in [6.45, 7) is 6.18. The zero-order valence-electron chi connectivity index (χ0n) is 12.6. The van der Waals surface area contributed by atoms with Gasteiger partial charge in [-0.2, -0.15) is 10.5 Å². The molecule has 1 aromatic heterocycles. The Hall–Kier alpha value is -2.86. The van der Waals surface area contributed by atoms with Gasteiger partial charge in [0.1, 0.15) is 23.3 Å². The smallest absolute Gasteiger partial charge is 0.184 e. The number of nitriles is 2. The van der Waals surface area contributed by atoms with E-state index in [2.05, 4.69) is 5.16 Å². The Bertz CT molecular complexity index is 762. The first-order chi connectivity index (χ1) is 10.3. The van der Waals surface area contributed by atoms with E-state index >= 15 is 0 Å². The third kappa shape index (κ3) is 3.24. The van der Waals surface area contributed by atoms with Gasteiger partial charge in [0.05, 0.1) is 17.8 Å². The van der Waals surface area contributed by atoms with Gasteiger partial charge in [0.2, 0.25) is 0 Å². The minimum absolute atomic E-state index is 0.103. The summed E-state index contributed by atoms with van der Waals surface area (Å²) in [6.07, 6.45) is 2.01. The van der Waals surface area contributed by atoms with Crippen molar-refractivity contribution in [1.82, 2.24) is 5.16 Å². The molecule has 1 heterocycles. The molecule has 0 N–H and O–H groups in total. The topological polar surface area (TPSA) is 76.8 Å². The highest BCUT2D eigenvalue weighted by Crippen LogP contribution is 2.24. The fourth-order valence-corrected chi connectivity index (χ4v) is 1.85. The van der Waals surface area contributed by atoms with E-state index < -0.39 is 5.82 Å². The first-order valence-corrected chi connectivity index (χ1v) is 6.68. The van der Waals surface area contributed by atoms with Gasteiger partial charge < -0.3 is 4.52 Å². The monoisotopic (exact) mass is 298 g/mol. The van der Waals surface area contributed by atoms with E-state index in [4.69, 9.17) is 9.78 Å². The van der Waals surface area contributed by atoms with Gasteiger partial charge in [0.15, 0.2) is 6.19 Å². The highest BCUT2D eigenvalue weighted by molar-refractivity contribution is 5.55. The van der Waals surface area contributed by atoms with Crippen LogP contribution < -0.4 is 4.90 Å². The van der Waals surface area contributed by atoms with E-state index in [1.807, 2.05) is 27.0 Å². The summed E-state index contributed by atoms with van der Waals surface area (Å²) in [5, 5.41) is 22.1. The van der Waals surface area contributed by atoms with Crippen molar-refractivity contribution < 1.29 is 8.91 Å². The SMILES string of the molecule is CC(C)(C)c1cc(CN(C#N)c2ccc(F)c(C#N)c2)no1. The lowest BCUT2D eigenvalue weighted by Crippen LogP contribution is -2.16. The van der Waals surface area contributed by atoms with Gasteiger partial charge >= 0.3 is 0 Å². The van der Waals surface area contributed by atoms with Crippen molar-refractivity contribution in [2.45, 2.75) is 32.7 Å². The second kappa shape index (κ2) is 5.87.